The summed E-state index contributed by atoms with van der Waals surface area (Å²) in [6, 6.07) is 13.4. The highest BCUT2D eigenvalue weighted by atomic mass is 16.5. The molecule has 0 bridgehead atoms. The van der Waals surface area contributed by atoms with Gasteiger partial charge in [-0.1, -0.05) is 25.1 Å². The largest absolute Gasteiger partial charge is 0.449 e. The van der Waals surface area contributed by atoms with E-state index in [1.54, 1.807) is 43.3 Å². The maximum Gasteiger partial charge on any atom is 0.340 e. The van der Waals surface area contributed by atoms with E-state index in [9.17, 15) is 14.4 Å². The summed E-state index contributed by atoms with van der Waals surface area (Å²) < 4.78 is 6.56. The van der Waals surface area contributed by atoms with E-state index in [0.717, 1.165) is 0 Å². The fourth-order valence-corrected chi connectivity index (χ4v) is 2.44. The third-order valence-corrected chi connectivity index (χ3v) is 3.80. The van der Waals surface area contributed by atoms with Gasteiger partial charge < -0.3 is 10.1 Å². The Hall–Kier alpha value is -3.68. The number of pyridine rings is 1. The summed E-state index contributed by atoms with van der Waals surface area (Å²) in [7, 11) is 0. The minimum Gasteiger partial charge on any atom is -0.449 e. The summed E-state index contributed by atoms with van der Waals surface area (Å²) in [6.45, 7) is 1.72. The standard InChI is InChI=1S/C19H18N4O4/c1-2-15(27-19(26)13-7-6-10-20-12-13)18(25)21-16-11-17(24)23(22-16)14-8-4-3-5-9-14/h3-12,15,22H,2H2,1H3,(H,21,25). The van der Waals surface area contributed by atoms with E-state index >= 15 is 0 Å². The van der Waals surface area contributed by atoms with Gasteiger partial charge in [-0.2, -0.15) is 0 Å². The number of rotatable bonds is 6. The Labute approximate surface area is 154 Å². The van der Waals surface area contributed by atoms with Gasteiger partial charge in [0.15, 0.2) is 6.10 Å². The molecule has 3 aromatic rings. The second-order valence-electron chi connectivity index (χ2n) is 5.71. The molecule has 27 heavy (non-hydrogen) atoms. The number of nitrogens with zero attached hydrogens (tertiary/aromatic N) is 2. The number of H-pyrrole nitrogens is 1. The second-order valence-corrected chi connectivity index (χ2v) is 5.71. The lowest BCUT2D eigenvalue weighted by molar-refractivity contribution is -0.124. The fourth-order valence-electron chi connectivity index (χ4n) is 2.44. The number of nitrogens with one attached hydrogen (secondary N) is 2. The van der Waals surface area contributed by atoms with Crippen LogP contribution in [-0.2, 0) is 9.53 Å². The summed E-state index contributed by atoms with van der Waals surface area (Å²) in [5.74, 6) is -0.957. The predicted molar refractivity (Wildman–Crippen MR) is 98.8 cm³/mol. The molecular weight excluding hydrogens is 348 g/mol. The number of benzene rings is 1. The van der Waals surface area contributed by atoms with E-state index < -0.39 is 18.0 Å². The molecule has 0 saturated heterocycles. The number of carbonyl (C=O) groups excluding carboxylic acids is 2. The van der Waals surface area contributed by atoms with Crippen LogP contribution in [0.2, 0.25) is 0 Å². The van der Waals surface area contributed by atoms with Gasteiger partial charge in [0.2, 0.25) is 0 Å². The zero-order valence-electron chi connectivity index (χ0n) is 14.6. The number of esters is 1. The van der Waals surface area contributed by atoms with Crippen molar-refractivity contribution >= 4 is 17.7 Å². The molecule has 0 spiro atoms. The van der Waals surface area contributed by atoms with E-state index in [1.165, 1.54) is 23.1 Å². The van der Waals surface area contributed by atoms with Crippen molar-refractivity contribution in [3.63, 3.8) is 0 Å². The number of amides is 1. The van der Waals surface area contributed by atoms with Crippen LogP contribution >= 0.6 is 0 Å². The molecule has 8 nitrogen and oxygen atoms in total. The molecule has 8 heteroatoms. The third-order valence-electron chi connectivity index (χ3n) is 3.80. The predicted octanol–water partition coefficient (Wildman–Crippen LogP) is 2.13. The van der Waals surface area contributed by atoms with E-state index in [2.05, 4.69) is 15.4 Å². The topological polar surface area (TPSA) is 106 Å². The fraction of sp³-hybridized carbons (Fsp3) is 0.158. The highest BCUT2D eigenvalue weighted by molar-refractivity contribution is 5.96. The molecule has 2 aromatic heterocycles. The first-order valence-electron chi connectivity index (χ1n) is 8.38. The Balaban J connectivity index is 1.70. The third kappa shape index (κ3) is 4.30. The lowest BCUT2D eigenvalue weighted by atomic mass is 10.2. The van der Waals surface area contributed by atoms with Crippen molar-refractivity contribution in [1.82, 2.24) is 14.8 Å². The Morgan fingerprint density at radius 3 is 2.67 bits per heavy atom. The Bertz CT molecular complexity index is 980. The molecule has 2 N–H and O–H groups in total. The summed E-state index contributed by atoms with van der Waals surface area (Å²) in [5.41, 5.74) is 0.572. The molecule has 0 fully saturated rings. The van der Waals surface area contributed by atoms with Crippen molar-refractivity contribution in [1.29, 1.82) is 0 Å². The Morgan fingerprint density at radius 1 is 1.22 bits per heavy atom. The van der Waals surface area contributed by atoms with Crippen molar-refractivity contribution in [3.8, 4) is 5.69 Å². The van der Waals surface area contributed by atoms with Crippen molar-refractivity contribution < 1.29 is 14.3 Å². The molecule has 0 aliphatic carbocycles. The van der Waals surface area contributed by atoms with Crippen LogP contribution in [0.15, 0.2) is 65.7 Å². The molecule has 138 valence electrons. The summed E-state index contributed by atoms with van der Waals surface area (Å²) >= 11 is 0. The number of hydrogen-bond acceptors (Lipinski definition) is 5. The van der Waals surface area contributed by atoms with Gasteiger partial charge in [0, 0.05) is 18.5 Å². The van der Waals surface area contributed by atoms with Gasteiger partial charge in [-0.3, -0.25) is 19.7 Å². The quantitative estimate of drug-likeness (QED) is 0.650. The molecule has 3 rings (SSSR count). The monoisotopic (exact) mass is 366 g/mol. The summed E-state index contributed by atoms with van der Waals surface area (Å²) in [5, 5.41) is 5.39. The Kier molecular flexibility index (Phi) is 5.46. The van der Waals surface area contributed by atoms with E-state index in [1.807, 2.05) is 6.07 Å². The minimum absolute atomic E-state index is 0.213. The number of anilines is 1. The smallest absolute Gasteiger partial charge is 0.340 e. The lowest BCUT2D eigenvalue weighted by Gasteiger charge is -2.15. The zero-order valence-corrected chi connectivity index (χ0v) is 14.6. The second kappa shape index (κ2) is 8.13. The van der Waals surface area contributed by atoms with Crippen LogP contribution < -0.4 is 10.9 Å². The molecule has 1 atom stereocenters. The van der Waals surface area contributed by atoms with Crippen molar-refractivity contribution in [2.24, 2.45) is 0 Å². The maximum atomic E-state index is 12.4. The van der Waals surface area contributed by atoms with E-state index in [4.69, 9.17) is 4.74 Å². The summed E-state index contributed by atoms with van der Waals surface area (Å²) in [6.07, 6.45) is 2.18. The maximum absolute atomic E-state index is 12.4. The van der Waals surface area contributed by atoms with Crippen LogP contribution in [0.4, 0.5) is 5.82 Å². The molecule has 1 amide bonds. The van der Waals surface area contributed by atoms with Crippen LogP contribution in [0.3, 0.4) is 0 Å². The van der Waals surface area contributed by atoms with E-state index in [-0.39, 0.29) is 23.4 Å². The van der Waals surface area contributed by atoms with Crippen LogP contribution in [0.25, 0.3) is 5.69 Å². The molecule has 0 aliphatic heterocycles. The van der Waals surface area contributed by atoms with Gasteiger partial charge in [0.1, 0.15) is 5.82 Å². The summed E-state index contributed by atoms with van der Waals surface area (Å²) in [4.78, 5) is 40.5. The number of aromatic amines is 1. The van der Waals surface area contributed by atoms with Crippen molar-refractivity contribution in [3.05, 3.63) is 76.8 Å². The highest BCUT2D eigenvalue weighted by Crippen LogP contribution is 2.10. The van der Waals surface area contributed by atoms with Gasteiger partial charge in [0.25, 0.3) is 11.5 Å². The van der Waals surface area contributed by atoms with Crippen LogP contribution in [0, 0.1) is 0 Å². The number of para-hydroxylation sites is 1. The highest BCUT2D eigenvalue weighted by Gasteiger charge is 2.23. The number of aromatic nitrogens is 3. The molecule has 0 radical (unpaired) electrons. The van der Waals surface area contributed by atoms with Crippen molar-refractivity contribution in [2.45, 2.75) is 19.4 Å². The van der Waals surface area contributed by atoms with Gasteiger partial charge in [-0.25, -0.2) is 9.48 Å². The number of hydrogen-bond donors (Lipinski definition) is 2. The van der Waals surface area contributed by atoms with Gasteiger partial charge in [-0.15, -0.1) is 0 Å². The average Bonchev–Trinajstić information content (AvgIpc) is 3.07. The molecule has 1 aromatic carbocycles. The minimum atomic E-state index is -0.999. The van der Waals surface area contributed by atoms with Gasteiger partial charge in [-0.05, 0) is 30.7 Å². The molecule has 2 heterocycles. The molecule has 0 aliphatic rings. The SMILES string of the molecule is CCC(OC(=O)c1cccnc1)C(=O)Nc1cc(=O)n(-c2ccccc2)[nH]1. The lowest BCUT2D eigenvalue weighted by Crippen LogP contribution is -2.32. The molecular formula is C19H18N4O4. The van der Waals surface area contributed by atoms with Crippen LogP contribution in [0.5, 0.6) is 0 Å². The first-order chi connectivity index (χ1) is 13.1. The van der Waals surface area contributed by atoms with Crippen molar-refractivity contribution in [2.75, 3.05) is 5.32 Å². The first-order valence-corrected chi connectivity index (χ1v) is 8.38. The molecule has 1 unspecified atom stereocenters. The number of carbonyl (C=O) groups is 2. The number of ether oxygens (including phenoxy) is 1. The van der Waals surface area contributed by atoms with Gasteiger partial charge >= 0.3 is 5.97 Å². The van der Waals surface area contributed by atoms with Crippen LogP contribution in [0.1, 0.15) is 23.7 Å². The van der Waals surface area contributed by atoms with Crippen LogP contribution in [-0.4, -0.2) is 32.7 Å². The normalized spacial score (nSPS) is 11.6. The van der Waals surface area contributed by atoms with E-state index in [0.29, 0.717) is 5.69 Å². The van der Waals surface area contributed by atoms with Gasteiger partial charge in [0.05, 0.1) is 11.3 Å². The first kappa shape index (κ1) is 18.1. The average molecular weight is 366 g/mol. The Morgan fingerprint density at radius 2 is 2.00 bits per heavy atom. The molecule has 0 saturated carbocycles. The zero-order chi connectivity index (χ0) is 19.2.